The Morgan fingerprint density at radius 1 is 1.11 bits per heavy atom. The molecule has 0 spiro atoms. The predicted molar refractivity (Wildman–Crippen MR) is 134 cm³/mol. The van der Waals surface area contributed by atoms with Gasteiger partial charge in [0.1, 0.15) is 11.3 Å². The Morgan fingerprint density at radius 3 is 2.69 bits per heavy atom. The lowest BCUT2D eigenvalue weighted by Crippen LogP contribution is -2.61. The normalized spacial score (nSPS) is 23.5. The summed E-state index contributed by atoms with van der Waals surface area (Å²) in [5, 5.41) is 3.64. The van der Waals surface area contributed by atoms with Gasteiger partial charge in [0.2, 0.25) is 0 Å². The molecule has 36 heavy (non-hydrogen) atoms. The van der Waals surface area contributed by atoms with Crippen LogP contribution in [0.25, 0.3) is 22.2 Å². The Morgan fingerprint density at radius 2 is 1.92 bits per heavy atom. The zero-order valence-electron chi connectivity index (χ0n) is 20.6. The number of hydrogen-bond donors (Lipinski definition) is 1. The third-order valence-electron chi connectivity index (χ3n) is 8.08. The van der Waals surface area contributed by atoms with Crippen LogP contribution < -0.4 is 10.9 Å². The van der Waals surface area contributed by atoms with Crippen molar-refractivity contribution < 1.29 is 9.13 Å². The quantitative estimate of drug-likeness (QED) is 0.444. The molecule has 0 unspecified atom stereocenters. The topological polar surface area (TPSA) is 94.8 Å². The van der Waals surface area contributed by atoms with E-state index in [9.17, 15) is 9.18 Å². The van der Waals surface area contributed by atoms with Crippen LogP contribution in [0.3, 0.4) is 0 Å². The van der Waals surface area contributed by atoms with E-state index in [0.717, 1.165) is 43.3 Å². The molecular formula is C27H29FN6O2. The third kappa shape index (κ3) is 3.96. The van der Waals surface area contributed by atoms with Crippen LogP contribution in [0.5, 0.6) is 0 Å². The molecule has 2 aliphatic heterocycles. The molecule has 2 bridgehead atoms. The van der Waals surface area contributed by atoms with Crippen molar-refractivity contribution in [3.8, 4) is 0 Å². The van der Waals surface area contributed by atoms with Crippen molar-refractivity contribution in [2.24, 2.45) is 7.05 Å². The molecule has 3 fully saturated rings. The second-order valence-electron chi connectivity index (χ2n) is 10.3. The lowest BCUT2D eigenvalue weighted by atomic mass is 9.69. The maximum Gasteiger partial charge on any atom is 0.256 e. The Kier molecular flexibility index (Phi) is 5.57. The number of ether oxygens (including phenoxy) is 1. The van der Waals surface area contributed by atoms with Gasteiger partial charge in [0.25, 0.3) is 5.56 Å². The summed E-state index contributed by atoms with van der Waals surface area (Å²) in [6.07, 6.45) is 9.55. The molecule has 186 valence electrons. The van der Waals surface area contributed by atoms with E-state index >= 15 is 0 Å². The Balaban J connectivity index is 1.14. The van der Waals surface area contributed by atoms with Crippen molar-refractivity contribution >= 4 is 22.2 Å². The van der Waals surface area contributed by atoms with Gasteiger partial charge in [0.05, 0.1) is 29.4 Å². The van der Waals surface area contributed by atoms with Crippen molar-refractivity contribution in [2.45, 2.75) is 63.1 Å². The third-order valence-corrected chi connectivity index (χ3v) is 8.08. The second kappa shape index (κ2) is 8.67. The van der Waals surface area contributed by atoms with Crippen LogP contribution in [0.2, 0.25) is 0 Å². The van der Waals surface area contributed by atoms with Crippen LogP contribution in [-0.4, -0.2) is 42.2 Å². The van der Waals surface area contributed by atoms with Gasteiger partial charge in [0.15, 0.2) is 5.65 Å². The number of aromatic nitrogens is 5. The van der Waals surface area contributed by atoms with Crippen LogP contribution in [-0.2, 0) is 24.8 Å². The number of aryl methyl sites for hydroxylation is 3. The first-order chi connectivity index (χ1) is 17.4. The average molecular weight is 489 g/mol. The van der Waals surface area contributed by atoms with E-state index in [4.69, 9.17) is 4.74 Å². The van der Waals surface area contributed by atoms with Gasteiger partial charge in [-0.2, -0.15) is 0 Å². The van der Waals surface area contributed by atoms with E-state index in [1.54, 1.807) is 24.0 Å². The average Bonchev–Trinajstić information content (AvgIpc) is 2.90. The summed E-state index contributed by atoms with van der Waals surface area (Å²) in [4.78, 5) is 30.2. The second-order valence-corrected chi connectivity index (χ2v) is 10.3. The number of halogens is 1. The van der Waals surface area contributed by atoms with Gasteiger partial charge < -0.3 is 10.1 Å². The summed E-state index contributed by atoms with van der Waals surface area (Å²) >= 11 is 0. The fourth-order valence-corrected chi connectivity index (χ4v) is 5.75. The highest BCUT2D eigenvalue weighted by molar-refractivity contribution is 5.78. The van der Waals surface area contributed by atoms with Crippen molar-refractivity contribution in [1.29, 1.82) is 0 Å². The molecule has 1 aliphatic carbocycles. The van der Waals surface area contributed by atoms with Gasteiger partial charge >= 0.3 is 0 Å². The predicted octanol–water partition coefficient (Wildman–Crippen LogP) is 3.52. The molecule has 1 N–H and O–H groups in total. The van der Waals surface area contributed by atoms with Gasteiger partial charge in [-0.25, -0.2) is 9.37 Å². The number of hydrogen-bond acceptors (Lipinski definition) is 7. The smallest absolute Gasteiger partial charge is 0.256 e. The Bertz CT molecular complexity index is 1500. The molecule has 9 heteroatoms. The maximum absolute atomic E-state index is 14.7. The van der Waals surface area contributed by atoms with Crippen LogP contribution in [0, 0.1) is 12.7 Å². The molecule has 0 aromatic carbocycles. The first-order valence-corrected chi connectivity index (χ1v) is 12.5. The minimum atomic E-state index is -0.304. The largest absolute Gasteiger partial charge is 0.373 e. The van der Waals surface area contributed by atoms with E-state index in [1.807, 2.05) is 25.1 Å². The van der Waals surface area contributed by atoms with E-state index < -0.39 is 0 Å². The molecule has 1 saturated carbocycles. The molecule has 3 aliphatic rings. The maximum atomic E-state index is 14.7. The SMILES string of the molecule is Cc1ccc2ncc(F)c(CCC34CCC(NCc5cc6nccnc6n(C)c5=O)(CC3)CO4)c2n1. The highest BCUT2D eigenvalue weighted by Gasteiger charge is 2.49. The number of nitrogens with one attached hydrogen (secondary N) is 1. The van der Waals surface area contributed by atoms with E-state index in [1.165, 1.54) is 6.20 Å². The number of nitrogens with zero attached hydrogens (tertiary/aromatic N) is 5. The molecule has 6 heterocycles. The molecular weight excluding hydrogens is 459 g/mol. The van der Waals surface area contributed by atoms with Gasteiger partial charge in [0, 0.05) is 48.3 Å². The summed E-state index contributed by atoms with van der Waals surface area (Å²) in [5.74, 6) is -0.304. The van der Waals surface area contributed by atoms with Gasteiger partial charge in [-0.1, -0.05) is 0 Å². The van der Waals surface area contributed by atoms with E-state index in [2.05, 4.69) is 25.3 Å². The first-order valence-electron chi connectivity index (χ1n) is 12.5. The Labute approximate surface area is 208 Å². The molecule has 4 aromatic rings. The summed E-state index contributed by atoms with van der Waals surface area (Å²) < 4.78 is 22.7. The fourth-order valence-electron chi connectivity index (χ4n) is 5.75. The summed E-state index contributed by atoms with van der Waals surface area (Å²) in [6.45, 7) is 2.94. The van der Waals surface area contributed by atoms with Crippen LogP contribution >= 0.6 is 0 Å². The molecule has 0 amide bonds. The zero-order chi connectivity index (χ0) is 24.9. The zero-order valence-corrected chi connectivity index (χ0v) is 20.6. The minimum absolute atomic E-state index is 0.0655. The van der Waals surface area contributed by atoms with Crippen molar-refractivity contribution in [1.82, 2.24) is 29.8 Å². The van der Waals surface area contributed by atoms with Gasteiger partial charge in [-0.05, 0) is 63.6 Å². The monoisotopic (exact) mass is 488 g/mol. The Hall–Kier alpha value is -3.30. The molecule has 0 radical (unpaired) electrons. The van der Waals surface area contributed by atoms with Crippen molar-refractivity contribution in [3.63, 3.8) is 0 Å². The van der Waals surface area contributed by atoms with Crippen LogP contribution in [0.1, 0.15) is 48.9 Å². The highest BCUT2D eigenvalue weighted by atomic mass is 19.1. The summed E-state index contributed by atoms with van der Waals surface area (Å²) in [6, 6.07) is 5.62. The minimum Gasteiger partial charge on any atom is -0.373 e. The molecule has 4 aromatic heterocycles. The lowest BCUT2D eigenvalue weighted by Gasteiger charge is -2.53. The van der Waals surface area contributed by atoms with Crippen LogP contribution in [0.4, 0.5) is 4.39 Å². The van der Waals surface area contributed by atoms with E-state index in [-0.39, 0.29) is 22.5 Å². The standard InChI is InChI=1S/C27H29FN6O2/c1-17-3-4-21-23(33-17)19(20(28)15-31-21)5-6-27-9-7-26(8-10-27,16-36-27)32-14-18-13-22-24(30-12-11-29-22)34(2)25(18)35/h3-4,11-13,15,32H,5-10,14,16H2,1-2H3. The highest BCUT2D eigenvalue weighted by Crippen LogP contribution is 2.46. The molecule has 7 rings (SSSR count). The number of fused-ring (bicyclic) bond motifs is 5. The number of pyridine rings is 3. The molecule has 2 saturated heterocycles. The van der Waals surface area contributed by atoms with Crippen molar-refractivity contribution in [2.75, 3.05) is 6.61 Å². The summed E-state index contributed by atoms with van der Waals surface area (Å²) in [5.41, 5.74) is 4.33. The van der Waals surface area contributed by atoms with Gasteiger partial charge in [-0.15, -0.1) is 0 Å². The summed E-state index contributed by atoms with van der Waals surface area (Å²) in [7, 11) is 1.73. The van der Waals surface area contributed by atoms with Crippen LogP contribution in [0.15, 0.2) is 41.6 Å². The molecule has 8 nitrogen and oxygen atoms in total. The van der Waals surface area contributed by atoms with Crippen molar-refractivity contribution in [3.05, 3.63) is 69.8 Å². The molecule has 0 atom stereocenters. The first kappa shape index (κ1) is 23.1. The number of rotatable bonds is 6. The fraction of sp³-hybridized carbons (Fsp3) is 0.444. The van der Waals surface area contributed by atoms with Gasteiger partial charge in [-0.3, -0.25) is 24.3 Å². The van der Waals surface area contributed by atoms with E-state index in [0.29, 0.717) is 47.4 Å². The lowest BCUT2D eigenvalue weighted by molar-refractivity contribution is -0.165.